The van der Waals surface area contributed by atoms with Gasteiger partial charge in [0.2, 0.25) is 0 Å². The number of fused-ring (bicyclic) bond motifs is 7. The van der Waals surface area contributed by atoms with Crippen molar-refractivity contribution in [2.75, 3.05) is 9.80 Å². The maximum atomic E-state index is 5.38. The number of rotatable bonds is 10. The average Bonchev–Trinajstić information content (AvgIpc) is 3.99. The molecule has 10 aromatic carbocycles. The summed E-state index contributed by atoms with van der Waals surface area (Å²) >= 11 is 0. The van der Waals surface area contributed by atoms with Gasteiger partial charge in [-0.05, 0) is 110 Å². The number of anilines is 5. The lowest BCUT2D eigenvalue weighted by Crippen LogP contribution is -2.34. The monoisotopic (exact) mass is 948 g/mol. The van der Waals surface area contributed by atoms with Crippen LogP contribution < -0.4 is 9.80 Å². The Morgan fingerprint density at radius 2 is 0.770 bits per heavy atom. The second kappa shape index (κ2) is 18.1. The van der Waals surface area contributed by atoms with Crippen LogP contribution in [-0.2, 0) is 0 Å². The number of hydrogen-bond donors (Lipinski definition) is 0. The van der Waals surface area contributed by atoms with Crippen molar-refractivity contribution < 1.29 is 0 Å². The van der Waals surface area contributed by atoms with E-state index in [1.807, 2.05) is 12.1 Å². The SMILES string of the molecule is C1=CCC(N(c2ccccc2)c2ccc(-c3nc4ccccc4nc3-c3ccc(N(c4ccccc4)c4ccccc4-n4c5ccccc5c5ccccc54)cc3)cc2)C(n2c3ccccc3c3ccccc32)=C1. The van der Waals surface area contributed by atoms with Crippen molar-refractivity contribution in [1.82, 2.24) is 19.1 Å². The van der Waals surface area contributed by atoms with Gasteiger partial charge in [-0.25, -0.2) is 9.97 Å². The first kappa shape index (κ1) is 43.0. The van der Waals surface area contributed by atoms with Gasteiger partial charge in [-0.1, -0.05) is 170 Å². The average molecular weight is 949 g/mol. The van der Waals surface area contributed by atoms with Gasteiger partial charge in [-0.3, -0.25) is 0 Å². The maximum Gasteiger partial charge on any atom is 0.0973 e. The molecule has 1 atom stereocenters. The van der Waals surface area contributed by atoms with Gasteiger partial charge >= 0.3 is 0 Å². The van der Waals surface area contributed by atoms with Crippen LogP contribution in [0.3, 0.4) is 0 Å². The summed E-state index contributed by atoms with van der Waals surface area (Å²) in [6.45, 7) is 0. The second-order valence-electron chi connectivity index (χ2n) is 18.9. The molecule has 0 saturated carbocycles. The second-order valence-corrected chi connectivity index (χ2v) is 18.9. The van der Waals surface area contributed by atoms with E-state index in [0.29, 0.717) is 0 Å². The number of hydrogen-bond acceptors (Lipinski definition) is 4. The van der Waals surface area contributed by atoms with Crippen LogP contribution in [0.25, 0.3) is 88.5 Å². The highest BCUT2D eigenvalue weighted by molar-refractivity contribution is 6.11. The van der Waals surface area contributed by atoms with E-state index in [0.717, 1.165) is 74.1 Å². The Balaban J connectivity index is 0.866. The van der Waals surface area contributed by atoms with Crippen LogP contribution in [0.1, 0.15) is 6.42 Å². The molecule has 1 unspecified atom stereocenters. The summed E-state index contributed by atoms with van der Waals surface area (Å²) in [5.74, 6) is 0. The fourth-order valence-electron chi connectivity index (χ4n) is 11.3. The van der Waals surface area contributed by atoms with Gasteiger partial charge in [0.25, 0.3) is 0 Å². The smallest absolute Gasteiger partial charge is 0.0973 e. The lowest BCUT2D eigenvalue weighted by atomic mass is 9.99. The number of para-hydroxylation sites is 10. The number of nitrogens with zero attached hydrogens (tertiary/aromatic N) is 6. The van der Waals surface area contributed by atoms with Gasteiger partial charge in [0.05, 0.1) is 61.9 Å². The Hall–Kier alpha value is -9.78. The van der Waals surface area contributed by atoms with E-state index < -0.39 is 0 Å². The van der Waals surface area contributed by atoms with E-state index >= 15 is 0 Å². The van der Waals surface area contributed by atoms with Crippen molar-refractivity contribution in [2.24, 2.45) is 0 Å². The van der Waals surface area contributed by atoms with Gasteiger partial charge in [0.15, 0.2) is 0 Å². The minimum atomic E-state index is 0.00591. The van der Waals surface area contributed by atoms with E-state index in [1.54, 1.807) is 0 Å². The van der Waals surface area contributed by atoms with Gasteiger partial charge in [0, 0.05) is 61.1 Å². The van der Waals surface area contributed by atoms with Crippen molar-refractivity contribution in [3.63, 3.8) is 0 Å². The highest BCUT2D eigenvalue weighted by Gasteiger charge is 2.29. The summed E-state index contributed by atoms with van der Waals surface area (Å²) in [6.07, 6.45) is 7.63. The normalized spacial score (nSPS) is 13.5. The molecule has 0 fully saturated rings. The summed E-state index contributed by atoms with van der Waals surface area (Å²) < 4.78 is 4.87. The third-order valence-electron chi connectivity index (χ3n) is 14.6. The third-order valence-corrected chi connectivity index (χ3v) is 14.6. The molecule has 1 aliphatic rings. The van der Waals surface area contributed by atoms with Crippen molar-refractivity contribution >= 4 is 88.8 Å². The van der Waals surface area contributed by atoms with Crippen LogP contribution in [0.15, 0.2) is 273 Å². The van der Waals surface area contributed by atoms with Crippen LogP contribution in [0.5, 0.6) is 0 Å². The molecular weight excluding hydrogens is 901 g/mol. The lowest BCUT2D eigenvalue weighted by Gasteiger charge is -2.37. The Morgan fingerprint density at radius 3 is 1.31 bits per heavy atom. The summed E-state index contributed by atoms with van der Waals surface area (Å²) in [7, 11) is 0. The maximum absolute atomic E-state index is 5.38. The van der Waals surface area contributed by atoms with Gasteiger partial charge < -0.3 is 18.9 Å². The van der Waals surface area contributed by atoms with E-state index in [9.17, 15) is 0 Å². The summed E-state index contributed by atoms with van der Waals surface area (Å²) in [5, 5.41) is 4.97. The van der Waals surface area contributed by atoms with Crippen molar-refractivity contribution in [1.29, 1.82) is 0 Å². The molecule has 0 radical (unpaired) electrons. The quantitative estimate of drug-likeness (QED) is 0.137. The Morgan fingerprint density at radius 1 is 0.365 bits per heavy atom. The predicted molar refractivity (Wildman–Crippen MR) is 309 cm³/mol. The van der Waals surface area contributed by atoms with Crippen LogP contribution in [0.4, 0.5) is 28.4 Å². The standard InChI is InChI=1S/C68H48N6/c1-3-21-49(22-4-1)71(63-35-17-19-37-65(63)73-59-31-13-7-25-53(59)54-26-8-14-32-60(54)73)51-43-39-47(40-44-51)67-68(70-58-30-12-11-29-57(58)69-67)48-41-45-52(46-42-48)72(50-23-5-2-6-24-50)64-36-18-20-38-66(64)74-61-33-15-9-27-55(61)56-28-10-16-34-62(56)74/h1-35,37-46,64H,36H2. The zero-order valence-electron chi connectivity index (χ0n) is 40.4. The summed E-state index contributed by atoms with van der Waals surface area (Å²) in [4.78, 5) is 15.6. The molecule has 1 aliphatic carbocycles. The van der Waals surface area contributed by atoms with Crippen LogP contribution in [0.2, 0.25) is 0 Å². The minimum Gasteiger partial charge on any atom is -0.332 e. The molecule has 0 saturated heterocycles. The molecule has 6 heteroatoms. The fourth-order valence-corrected chi connectivity index (χ4v) is 11.3. The minimum absolute atomic E-state index is 0.00591. The predicted octanol–water partition coefficient (Wildman–Crippen LogP) is 17.6. The van der Waals surface area contributed by atoms with E-state index in [-0.39, 0.29) is 6.04 Å². The molecule has 0 spiro atoms. The van der Waals surface area contributed by atoms with Gasteiger partial charge in [-0.2, -0.15) is 0 Å². The largest absolute Gasteiger partial charge is 0.332 e. The van der Waals surface area contributed by atoms with Crippen molar-refractivity contribution in [3.05, 3.63) is 273 Å². The number of allylic oxidation sites excluding steroid dienone is 2. The molecule has 6 nitrogen and oxygen atoms in total. The van der Waals surface area contributed by atoms with Crippen molar-refractivity contribution in [3.8, 4) is 28.2 Å². The number of aromatic nitrogens is 4. The van der Waals surface area contributed by atoms with E-state index in [2.05, 4.69) is 280 Å². The molecule has 3 heterocycles. The molecule has 13 aromatic rings. The molecular formula is C68H48N6. The number of benzene rings is 10. The molecule has 0 bridgehead atoms. The van der Waals surface area contributed by atoms with Crippen LogP contribution in [-0.4, -0.2) is 25.1 Å². The zero-order valence-corrected chi connectivity index (χ0v) is 40.4. The van der Waals surface area contributed by atoms with Crippen LogP contribution in [0, 0.1) is 0 Å². The molecule has 0 amide bonds. The fraction of sp³-hybridized carbons (Fsp3) is 0.0294. The highest BCUT2D eigenvalue weighted by atomic mass is 15.2. The highest BCUT2D eigenvalue weighted by Crippen LogP contribution is 2.44. The zero-order chi connectivity index (χ0) is 49.0. The van der Waals surface area contributed by atoms with Gasteiger partial charge in [0.1, 0.15) is 0 Å². The van der Waals surface area contributed by atoms with Crippen LogP contribution >= 0.6 is 0 Å². The summed E-state index contributed by atoms with van der Waals surface area (Å²) in [5.41, 5.74) is 17.8. The Labute approximate surface area is 429 Å². The molecule has 350 valence electrons. The first-order chi connectivity index (χ1) is 36.7. The first-order valence-corrected chi connectivity index (χ1v) is 25.4. The topological polar surface area (TPSA) is 42.1 Å². The molecule has 14 rings (SSSR count). The lowest BCUT2D eigenvalue weighted by molar-refractivity contribution is 0.771. The van der Waals surface area contributed by atoms with Gasteiger partial charge in [-0.15, -0.1) is 0 Å². The Kier molecular flexibility index (Phi) is 10.5. The van der Waals surface area contributed by atoms with E-state index in [4.69, 9.17) is 9.97 Å². The molecule has 0 N–H and O–H groups in total. The first-order valence-electron chi connectivity index (χ1n) is 25.4. The van der Waals surface area contributed by atoms with Crippen molar-refractivity contribution in [2.45, 2.75) is 12.5 Å². The molecule has 74 heavy (non-hydrogen) atoms. The molecule has 3 aromatic heterocycles. The van der Waals surface area contributed by atoms with E-state index in [1.165, 1.54) is 49.3 Å². The third kappa shape index (κ3) is 7.26. The Bertz CT molecular complexity index is 4180. The molecule has 0 aliphatic heterocycles. The summed E-state index contributed by atoms with van der Waals surface area (Å²) in [6, 6.07) is 91.0.